The fraction of sp³-hybridized carbons (Fsp3) is 0.480. The maximum Gasteiger partial charge on any atom is 0.338 e. The molecule has 2 aromatic rings. The molecule has 2 nitrogen and oxygen atoms in total. The molecule has 0 bridgehead atoms. The summed E-state index contributed by atoms with van der Waals surface area (Å²) < 4.78 is 5.75. The standard InChI is InChI=1S/C25H34O2/c1-3-5-7-12-21-17-19-22(20-18-21)13-10-16-24(11-4-2)27-25(26)23-14-8-6-9-15-23/h6,8-9,14-15,17-20,24H,3-5,7,10-13,16H2,1-2H3. The third-order valence-electron chi connectivity index (χ3n) is 4.98. The zero-order valence-electron chi connectivity index (χ0n) is 17.0. The highest BCUT2D eigenvalue weighted by atomic mass is 16.5. The first-order valence-electron chi connectivity index (χ1n) is 10.6. The molecule has 27 heavy (non-hydrogen) atoms. The van der Waals surface area contributed by atoms with Crippen molar-refractivity contribution in [3.05, 3.63) is 71.3 Å². The number of hydrogen-bond acceptors (Lipinski definition) is 2. The molecule has 0 spiro atoms. The zero-order valence-corrected chi connectivity index (χ0v) is 17.0. The van der Waals surface area contributed by atoms with E-state index in [1.807, 2.05) is 30.3 Å². The molecular formula is C25H34O2. The van der Waals surface area contributed by atoms with Crippen LogP contribution in [0.25, 0.3) is 0 Å². The van der Waals surface area contributed by atoms with Crippen molar-refractivity contribution in [2.24, 2.45) is 0 Å². The Morgan fingerprint density at radius 3 is 2.00 bits per heavy atom. The van der Waals surface area contributed by atoms with Gasteiger partial charge in [-0.25, -0.2) is 4.79 Å². The van der Waals surface area contributed by atoms with Gasteiger partial charge in [-0.2, -0.15) is 0 Å². The summed E-state index contributed by atoms with van der Waals surface area (Å²) >= 11 is 0. The van der Waals surface area contributed by atoms with E-state index in [-0.39, 0.29) is 12.1 Å². The van der Waals surface area contributed by atoms with Crippen LogP contribution in [0.2, 0.25) is 0 Å². The second-order valence-electron chi connectivity index (χ2n) is 7.35. The molecule has 0 heterocycles. The van der Waals surface area contributed by atoms with Crippen LogP contribution in [0.4, 0.5) is 0 Å². The molecule has 146 valence electrons. The van der Waals surface area contributed by atoms with E-state index >= 15 is 0 Å². The number of aryl methyl sites for hydroxylation is 2. The zero-order chi connectivity index (χ0) is 19.3. The Bertz CT molecular complexity index is 646. The number of carbonyl (C=O) groups excluding carboxylic acids is 1. The Morgan fingerprint density at radius 2 is 1.41 bits per heavy atom. The lowest BCUT2D eigenvalue weighted by atomic mass is 10.0. The third-order valence-corrected chi connectivity index (χ3v) is 4.98. The second kappa shape index (κ2) is 12.3. The number of benzene rings is 2. The van der Waals surface area contributed by atoms with Crippen LogP contribution in [-0.4, -0.2) is 12.1 Å². The summed E-state index contributed by atoms with van der Waals surface area (Å²) in [6.07, 6.45) is 10.0. The van der Waals surface area contributed by atoms with Crippen LogP contribution in [-0.2, 0) is 17.6 Å². The highest BCUT2D eigenvalue weighted by molar-refractivity contribution is 5.89. The van der Waals surface area contributed by atoms with Gasteiger partial charge in [-0.15, -0.1) is 0 Å². The smallest absolute Gasteiger partial charge is 0.338 e. The van der Waals surface area contributed by atoms with Crippen LogP contribution in [0.3, 0.4) is 0 Å². The number of ether oxygens (including phenoxy) is 1. The van der Waals surface area contributed by atoms with Crippen molar-refractivity contribution in [3.63, 3.8) is 0 Å². The summed E-state index contributed by atoms with van der Waals surface area (Å²) in [5.41, 5.74) is 3.45. The molecule has 0 N–H and O–H groups in total. The van der Waals surface area contributed by atoms with Crippen LogP contribution >= 0.6 is 0 Å². The van der Waals surface area contributed by atoms with Gasteiger partial charge in [-0.05, 0) is 61.8 Å². The van der Waals surface area contributed by atoms with Crippen LogP contribution in [0.1, 0.15) is 80.3 Å². The third kappa shape index (κ3) is 7.99. The summed E-state index contributed by atoms with van der Waals surface area (Å²) in [4.78, 5) is 12.3. The van der Waals surface area contributed by atoms with Gasteiger partial charge in [-0.1, -0.05) is 75.6 Å². The van der Waals surface area contributed by atoms with Crippen molar-refractivity contribution in [1.29, 1.82) is 0 Å². The van der Waals surface area contributed by atoms with Gasteiger partial charge < -0.3 is 4.74 Å². The number of hydrogen-bond donors (Lipinski definition) is 0. The molecule has 1 atom stereocenters. The number of esters is 1. The molecule has 0 aliphatic heterocycles. The summed E-state index contributed by atoms with van der Waals surface area (Å²) in [5.74, 6) is -0.203. The van der Waals surface area contributed by atoms with E-state index in [4.69, 9.17) is 4.74 Å². The lowest BCUT2D eigenvalue weighted by Crippen LogP contribution is -2.18. The molecular weight excluding hydrogens is 332 g/mol. The summed E-state index contributed by atoms with van der Waals surface area (Å²) in [5, 5.41) is 0. The van der Waals surface area contributed by atoms with E-state index in [1.165, 1.54) is 36.8 Å². The quantitative estimate of drug-likeness (QED) is 0.306. The van der Waals surface area contributed by atoms with Crippen molar-refractivity contribution < 1.29 is 9.53 Å². The Balaban J connectivity index is 1.77. The first kappa shape index (κ1) is 21.2. The minimum atomic E-state index is -0.203. The van der Waals surface area contributed by atoms with Gasteiger partial charge in [0.05, 0.1) is 5.56 Å². The van der Waals surface area contributed by atoms with Crippen molar-refractivity contribution in [2.75, 3.05) is 0 Å². The Hall–Kier alpha value is -2.09. The van der Waals surface area contributed by atoms with E-state index in [1.54, 1.807) is 0 Å². The fourth-order valence-electron chi connectivity index (χ4n) is 3.36. The Morgan fingerprint density at radius 1 is 0.778 bits per heavy atom. The first-order valence-corrected chi connectivity index (χ1v) is 10.6. The van der Waals surface area contributed by atoms with Gasteiger partial charge in [0.2, 0.25) is 0 Å². The molecule has 0 aliphatic carbocycles. The Kier molecular flexibility index (Phi) is 9.68. The molecule has 0 amide bonds. The minimum absolute atomic E-state index is 0.0102. The maximum absolute atomic E-state index is 12.3. The van der Waals surface area contributed by atoms with Gasteiger partial charge in [-0.3, -0.25) is 0 Å². The van der Waals surface area contributed by atoms with Crippen LogP contribution < -0.4 is 0 Å². The van der Waals surface area contributed by atoms with Gasteiger partial charge in [0.1, 0.15) is 6.10 Å². The summed E-state index contributed by atoms with van der Waals surface area (Å²) in [6, 6.07) is 18.3. The van der Waals surface area contributed by atoms with Crippen LogP contribution in [0.5, 0.6) is 0 Å². The number of unbranched alkanes of at least 4 members (excludes halogenated alkanes) is 2. The van der Waals surface area contributed by atoms with Gasteiger partial charge in [0, 0.05) is 0 Å². The normalized spacial score (nSPS) is 11.9. The van der Waals surface area contributed by atoms with E-state index in [2.05, 4.69) is 38.1 Å². The maximum atomic E-state index is 12.3. The van der Waals surface area contributed by atoms with E-state index in [0.717, 1.165) is 32.1 Å². The van der Waals surface area contributed by atoms with E-state index in [9.17, 15) is 4.79 Å². The molecule has 2 aromatic carbocycles. The molecule has 0 aromatic heterocycles. The molecule has 0 saturated carbocycles. The minimum Gasteiger partial charge on any atom is -0.459 e. The van der Waals surface area contributed by atoms with Gasteiger partial charge in [0.25, 0.3) is 0 Å². The van der Waals surface area contributed by atoms with Crippen molar-refractivity contribution in [2.45, 2.75) is 77.7 Å². The molecule has 2 rings (SSSR count). The molecule has 0 aliphatic rings. The van der Waals surface area contributed by atoms with Crippen LogP contribution in [0.15, 0.2) is 54.6 Å². The Labute approximate surface area is 165 Å². The molecule has 1 unspecified atom stereocenters. The topological polar surface area (TPSA) is 26.3 Å². The SMILES string of the molecule is CCCCCc1ccc(CCCC(CCC)OC(=O)c2ccccc2)cc1. The van der Waals surface area contributed by atoms with Gasteiger partial charge in [0.15, 0.2) is 0 Å². The highest BCUT2D eigenvalue weighted by Crippen LogP contribution is 2.16. The molecule has 0 radical (unpaired) electrons. The first-order chi connectivity index (χ1) is 13.2. The second-order valence-corrected chi connectivity index (χ2v) is 7.35. The lowest BCUT2D eigenvalue weighted by Gasteiger charge is -2.17. The number of rotatable bonds is 12. The van der Waals surface area contributed by atoms with Crippen molar-refractivity contribution in [1.82, 2.24) is 0 Å². The van der Waals surface area contributed by atoms with Crippen molar-refractivity contribution >= 4 is 5.97 Å². The molecule has 0 saturated heterocycles. The van der Waals surface area contributed by atoms with Crippen molar-refractivity contribution in [3.8, 4) is 0 Å². The van der Waals surface area contributed by atoms with Crippen LogP contribution in [0, 0.1) is 0 Å². The summed E-state index contributed by atoms with van der Waals surface area (Å²) in [6.45, 7) is 4.38. The molecule has 0 fully saturated rings. The van der Waals surface area contributed by atoms with Gasteiger partial charge >= 0.3 is 5.97 Å². The lowest BCUT2D eigenvalue weighted by molar-refractivity contribution is 0.0255. The van der Waals surface area contributed by atoms with E-state index < -0.39 is 0 Å². The number of carbonyl (C=O) groups is 1. The predicted octanol–water partition coefficient (Wildman–Crippen LogP) is 6.77. The average Bonchev–Trinajstić information content (AvgIpc) is 2.70. The average molecular weight is 367 g/mol. The van der Waals surface area contributed by atoms with E-state index in [0.29, 0.717) is 5.56 Å². The molecule has 2 heteroatoms. The largest absolute Gasteiger partial charge is 0.459 e. The highest BCUT2D eigenvalue weighted by Gasteiger charge is 2.15. The summed E-state index contributed by atoms with van der Waals surface area (Å²) in [7, 11) is 0. The predicted molar refractivity (Wildman–Crippen MR) is 113 cm³/mol. The fourth-order valence-corrected chi connectivity index (χ4v) is 3.36. The monoisotopic (exact) mass is 366 g/mol.